The van der Waals surface area contributed by atoms with Crippen LogP contribution in [-0.4, -0.2) is 54.9 Å². The van der Waals surface area contributed by atoms with E-state index >= 15 is 0 Å². The van der Waals surface area contributed by atoms with Gasteiger partial charge < -0.3 is 28.4 Å². The minimum absolute atomic E-state index is 0.222. The van der Waals surface area contributed by atoms with E-state index in [9.17, 15) is 4.79 Å². The summed E-state index contributed by atoms with van der Waals surface area (Å²) in [6.07, 6.45) is 8.48. The Morgan fingerprint density at radius 2 is 1.53 bits per heavy atom. The molecule has 0 radical (unpaired) electrons. The SMILES string of the molecule is O=C(O[C@H]1[C@@H]2OC3(CCCCC3)O[C@@H]2CO[C@]12COC1(CCCCC1)O2)c1ccccc1. The normalized spacial score (nSPS) is 37.6. The third-order valence-electron chi connectivity index (χ3n) is 7.68. The summed E-state index contributed by atoms with van der Waals surface area (Å²) >= 11 is 0. The van der Waals surface area contributed by atoms with Gasteiger partial charge in [0.2, 0.25) is 5.79 Å². The van der Waals surface area contributed by atoms with E-state index in [0.717, 1.165) is 51.4 Å². The van der Waals surface area contributed by atoms with E-state index < -0.39 is 35.5 Å². The first kappa shape index (κ1) is 21.1. The van der Waals surface area contributed by atoms with Gasteiger partial charge in [0.05, 0.1) is 12.2 Å². The van der Waals surface area contributed by atoms with E-state index in [1.807, 2.05) is 18.2 Å². The molecule has 174 valence electrons. The molecule has 3 aliphatic heterocycles. The van der Waals surface area contributed by atoms with E-state index in [1.165, 1.54) is 12.8 Å². The Labute approximate surface area is 188 Å². The number of carbonyl (C=O) groups is 1. The number of rotatable bonds is 2. The Morgan fingerprint density at radius 1 is 0.844 bits per heavy atom. The largest absolute Gasteiger partial charge is 0.450 e. The number of ether oxygens (including phenoxy) is 6. The van der Waals surface area contributed by atoms with Crippen LogP contribution >= 0.6 is 0 Å². The Bertz CT molecular complexity index is 818. The molecule has 2 saturated carbocycles. The molecule has 0 unspecified atom stereocenters. The third-order valence-corrected chi connectivity index (χ3v) is 7.68. The standard InChI is InChI=1S/C25H32O7/c26-22(18-10-4-1-5-11-18)29-21-20-19(30-24(31-20)14-8-3-9-15-24)16-27-25(21)17-28-23(32-25)12-6-2-7-13-23/h1,4-5,10-11,19-21H,2-3,6-9,12-17H2/t19-,20-,21+,25+/m1/s1. The van der Waals surface area contributed by atoms with Crippen LogP contribution in [0.4, 0.5) is 0 Å². The van der Waals surface area contributed by atoms with Gasteiger partial charge in [0.15, 0.2) is 17.7 Å². The van der Waals surface area contributed by atoms with E-state index in [1.54, 1.807) is 12.1 Å². The van der Waals surface area contributed by atoms with E-state index in [2.05, 4.69) is 0 Å². The second kappa shape index (κ2) is 8.06. The molecule has 4 atom stereocenters. The van der Waals surface area contributed by atoms with Crippen molar-refractivity contribution in [3.8, 4) is 0 Å². The summed E-state index contributed by atoms with van der Waals surface area (Å²) in [5, 5.41) is 0. The Balaban J connectivity index is 1.30. The van der Waals surface area contributed by atoms with Crippen LogP contribution in [0.1, 0.15) is 74.6 Å². The van der Waals surface area contributed by atoms with Crippen molar-refractivity contribution in [3.63, 3.8) is 0 Å². The van der Waals surface area contributed by atoms with Crippen LogP contribution in [-0.2, 0) is 28.4 Å². The van der Waals surface area contributed by atoms with Crippen LogP contribution in [0, 0.1) is 0 Å². The van der Waals surface area contributed by atoms with Gasteiger partial charge in [-0.05, 0) is 37.8 Å². The molecule has 5 fully saturated rings. The molecule has 0 bridgehead atoms. The van der Waals surface area contributed by atoms with Gasteiger partial charge in [0.25, 0.3) is 0 Å². The molecule has 1 aromatic carbocycles. The average Bonchev–Trinajstić information content (AvgIpc) is 3.36. The lowest BCUT2D eigenvalue weighted by Gasteiger charge is -2.44. The monoisotopic (exact) mass is 444 g/mol. The molecular weight excluding hydrogens is 412 g/mol. The lowest BCUT2D eigenvalue weighted by atomic mass is 9.93. The van der Waals surface area contributed by atoms with Crippen molar-refractivity contribution < 1.29 is 33.2 Å². The molecule has 1 aromatic rings. The molecule has 5 aliphatic rings. The molecule has 0 aromatic heterocycles. The summed E-state index contributed by atoms with van der Waals surface area (Å²) in [6, 6.07) is 9.02. The van der Waals surface area contributed by atoms with Crippen LogP contribution in [0.3, 0.4) is 0 Å². The number of fused-ring (bicyclic) bond motifs is 1. The zero-order valence-corrected chi connectivity index (χ0v) is 18.5. The molecule has 2 aliphatic carbocycles. The van der Waals surface area contributed by atoms with Crippen LogP contribution in [0.2, 0.25) is 0 Å². The zero-order valence-electron chi connectivity index (χ0n) is 18.5. The van der Waals surface area contributed by atoms with Gasteiger partial charge >= 0.3 is 5.97 Å². The first-order chi connectivity index (χ1) is 15.6. The average molecular weight is 445 g/mol. The maximum absolute atomic E-state index is 13.1. The van der Waals surface area contributed by atoms with E-state index in [0.29, 0.717) is 12.2 Å². The van der Waals surface area contributed by atoms with Crippen molar-refractivity contribution in [2.45, 2.75) is 99.9 Å². The van der Waals surface area contributed by atoms with Gasteiger partial charge in [-0.3, -0.25) is 0 Å². The fourth-order valence-corrected chi connectivity index (χ4v) is 6.03. The predicted octanol–water partition coefficient (Wildman–Crippen LogP) is 4.09. The highest BCUT2D eigenvalue weighted by Crippen LogP contribution is 2.51. The quantitative estimate of drug-likeness (QED) is 0.636. The highest BCUT2D eigenvalue weighted by molar-refractivity contribution is 5.89. The molecule has 3 saturated heterocycles. The summed E-state index contributed by atoms with van der Waals surface area (Å²) in [6.45, 7) is 0.560. The van der Waals surface area contributed by atoms with Crippen molar-refractivity contribution in [2.75, 3.05) is 13.2 Å². The highest BCUT2D eigenvalue weighted by Gasteiger charge is 2.66. The number of benzene rings is 1. The fraction of sp³-hybridized carbons (Fsp3) is 0.720. The maximum atomic E-state index is 13.1. The van der Waals surface area contributed by atoms with Crippen molar-refractivity contribution in [1.29, 1.82) is 0 Å². The van der Waals surface area contributed by atoms with E-state index in [4.69, 9.17) is 28.4 Å². The molecule has 7 nitrogen and oxygen atoms in total. The minimum Gasteiger partial charge on any atom is -0.450 e. The Morgan fingerprint density at radius 3 is 2.25 bits per heavy atom. The summed E-state index contributed by atoms with van der Waals surface area (Å²) in [5.74, 6) is -2.86. The highest BCUT2D eigenvalue weighted by atomic mass is 16.9. The van der Waals surface area contributed by atoms with Crippen molar-refractivity contribution in [1.82, 2.24) is 0 Å². The minimum atomic E-state index is -1.17. The molecule has 0 N–H and O–H groups in total. The molecule has 3 heterocycles. The molecular formula is C25H32O7. The van der Waals surface area contributed by atoms with Crippen LogP contribution in [0.5, 0.6) is 0 Å². The van der Waals surface area contributed by atoms with Gasteiger partial charge in [0.1, 0.15) is 18.8 Å². The number of hydrogen-bond donors (Lipinski definition) is 0. The van der Waals surface area contributed by atoms with Gasteiger partial charge in [-0.2, -0.15) is 0 Å². The summed E-state index contributed by atoms with van der Waals surface area (Å²) in [7, 11) is 0. The van der Waals surface area contributed by atoms with Gasteiger partial charge in [-0.15, -0.1) is 0 Å². The fourth-order valence-electron chi connectivity index (χ4n) is 6.03. The second-order valence-corrected chi connectivity index (χ2v) is 9.89. The number of carbonyl (C=O) groups excluding carboxylic acids is 1. The molecule has 32 heavy (non-hydrogen) atoms. The van der Waals surface area contributed by atoms with Crippen LogP contribution in [0.15, 0.2) is 30.3 Å². The number of esters is 1. The van der Waals surface area contributed by atoms with Gasteiger partial charge in [0, 0.05) is 25.7 Å². The third kappa shape index (κ3) is 3.59. The lowest BCUT2D eigenvalue weighted by molar-refractivity contribution is -0.335. The molecule has 6 rings (SSSR count). The Hall–Kier alpha value is -1.51. The smallest absolute Gasteiger partial charge is 0.338 e. The second-order valence-electron chi connectivity index (χ2n) is 9.89. The predicted molar refractivity (Wildman–Crippen MR) is 113 cm³/mol. The zero-order chi connectivity index (χ0) is 21.7. The first-order valence-electron chi connectivity index (χ1n) is 12.2. The molecule has 3 spiro atoms. The van der Waals surface area contributed by atoms with Crippen molar-refractivity contribution in [3.05, 3.63) is 35.9 Å². The van der Waals surface area contributed by atoms with E-state index in [-0.39, 0.29) is 12.7 Å². The molecule has 7 heteroatoms. The summed E-state index contributed by atoms with van der Waals surface area (Å²) in [5.41, 5.74) is 0.488. The van der Waals surface area contributed by atoms with Gasteiger partial charge in [-0.25, -0.2) is 4.79 Å². The van der Waals surface area contributed by atoms with Crippen molar-refractivity contribution >= 4 is 5.97 Å². The topological polar surface area (TPSA) is 72.5 Å². The maximum Gasteiger partial charge on any atom is 0.338 e. The Kier molecular flexibility index (Phi) is 5.30. The first-order valence-corrected chi connectivity index (χ1v) is 12.2. The van der Waals surface area contributed by atoms with Gasteiger partial charge in [-0.1, -0.05) is 31.0 Å². The summed E-state index contributed by atoms with van der Waals surface area (Å²) in [4.78, 5) is 13.1. The van der Waals surface area contributed by atoms with Crippen molar-refractivity contribution in [2.24, 2.45) is 0 Å². The number of hydrogen-bond acceptors (Lipinski definition) is 7. The summed E-state index contributed by atoms with van der Waals surface area (Å²) < 4.78 is 38.3. The van der Waals surface area contributed by atoms with Crippen LogP contribution in [0.25, 0.3) is 0 Å². The van der Waals surface area contributed by atoms with Crippen LogP contribution < -0.4 is 0 Å². The molecule has 0 amide bonds. The lowest BCUT2D eigenvalue weighted by Crippen LogP contribution is -2.63.